The van der Waals surface area contributed by atoms with Gasteiger partial charge in [-0.3, -0.25) is 4.79 Å². The summed E-state index contributed by atoms with van der Waals surface area (Å²) in [6, 6.07) is 16.4. The fourth-order valence-corrected chi connectivity index (χ4v) is 3.15. The molecule has 0 fully saturated rings. The van der Waals surface area contributed by atoms with E-state index in [0.29, 0.717) is 36.7 Å². The highest BCUT2D eigenvalue weighted by Crippen LogP contribution is 2.28. The van der Waals surface area contributed by atoms with Gasteiger partial charge in [0.25, 0.3) is 5.91 Å². The molecule has 162 valence electrons. The minimum absolute atomic E-state index is 0.172. The lowest BCUT2D eigenvalue weighted by Crippen LogP contribution is -2.34. The first-order chi connectivity index (χ1) is 15.0. The predicted octanol–water partition coefficient (Wildman–Crippen LogP) is 3.85. The van der Waals surface area contributed by atoms with Crippen molar-refractivity contribution in [2.45, 2.75) is 20.4 Å². The molecule has 0 unspecified atom stereocenters. The number of nitrogens with zero attached hydrogens (tertiary/aromatic N) is 2. The Morgan fingerprint density at radius 3 is 2.55 bits per heavy atom. The molecule has 1 heterocycles. The van der Waals surface area contributed by atoms with Gasteiger partial charge >= 0.3 is 5.97 Å². The smallest absolute Gasteiger partial charge is 0.357 e. The Hall–Kier alpha value is -3.61. The van der Waals surface area contributed by atoms with Crippen LogP contribution in [0.25, 0.3) is 10.9 Å². The van der Waals surface area contributed by atoms with Crippen LogP contribution in [0.3, 0.4) is 0 Å². The zero-order valence-electron chi connectivity index (χ0n) is 18.0. The van der Waals surface area contributed by atoms with E-state index in [9.17, 15) is 9.59 Å². The zero-order valence-corrected chi connectivity index (χ0v) is 18.0. The summed E-state index contributed by atoms with van der Waals surface area (Å²) in [6.45, 7) is 4.79. The van der Waals surface area contributed by atoms with Crippen LogP contribution in [0.4, 0.5) is 0 Å². The quantitative estimate of drug-likeness (QED) is 0.488. The van der Waals surface area contributed by atoms with Gasteiger partial charge in [-0.25, -0.2) is 9.78 Å². The number of likely N-dealkylation sites (N-methyl/N-ethyl adjacent to an activating group) is 1. The summed E-state index contributed by atoms with van der Waals surface area (Å²) in [7, 11) is 1.57. The number of carbonyl (C=O) groups excluding carboxylic acids is 2. The summed E-state index contributed by atoms with van der Waals surface area (Å²) >= 11 is 0. The summed E-state index contributed by atoms with van der Waals surface area (Å²) in [5.74, 6) is 0.346. The molecular formula is C24H26N2O5. The van der Waals surface area contributed by atoms with Crippen LogP contribution in [-0.4, -0.2) is 48.6 Å². The molecule has 3 aromatic rings. The second-order valence-electron chi connectivity index (χ2n) is 6.79. The average molecular weight is 422 g/mol. The van der Waals surface area contributed by atoms with Crippen molar-refractivity contribution in [1.82, 2.24) is 9.88 Å². The minimum atomic E-state index is -0.627. The second kappa shape index (κ2) is 10.4. The van der Waals surface area contributed by atoms with Gasteiger partial charge in [-0.1, -0.05) is 30.3 Å². The van der Waals surface area contributed by atoms with Gasteiger partial charge in [-0.2, -0.15) is 0 Å². The maximum Gasteiger partial charge on any atom is 0.357 e. The third-order valence-corrected chi connectivity index (χ3v) is 4.77. The van der Waals surface area contributed by atoms with Gasteiger partial charge < -0.3 is 19.1 Å². The molecule has 0 bridgehead atoms. The molecule has 7 nitrogen and oxygen atoms in total. The number of esters is 1. The zero-order chi connectivity index (χ0) is 22.2. The molecule has 0 aliphatic rings. The van der Waals surface area contributed by atoms with Crippen molar-refractivity contribution in [3.63, 3.8) is 0 Å². The van der Waals surface area contributed by atoms with Gasteiger partial charge in [0.1, 0.15) is 5.69 Å². The Kier molecular flexibility index (Phi) is 7.43. The molecule has 0 saturated carbocycles. The van der Waals surface area contributed by atoms with Crippen molar-refractivity contribution in [2.24, 2.45) is 0 Å². The maximum atomic E-state index is 12.6. The fraction of sp³-hybridized carbons (Fsp3) is 0.292. The van der Waals surface area contributed by atoms with Crippen molar-refractivity contribution in [1.29, 1.82) is 0 Å². The van der Waals surface area contributed by atoms with E-state index >= 15 is 0 Å². The van der Waals surface area contributed by atoms with E-state index in [4.69, 9.17) is 14.2 Å². The van der Waals surface area contributed by atoms with Crippen molar-refractivity contribution in [3.05, 3.63) is 65.9 Å². The van der Waals surface area contributed by atoms with Gasteiger partial charge in [0.2, 0.25) is 0 Å². The number of benzene rings is 2. The molecule has 0 aliphatic heterocycles. The molecule has 3 rings (SSSR count). The van der Waals surface area contributed by atoms with Crippen molar-refractivity contribution < 1.29 is 23.8 Å². The number of aromatic nitrogens is 1. The minimum Gasteiger partial charge on any atom is -0.493 e. The maximum absolute atomic E-state index is 12.6. The molecule has 2 aromatic carbocycles. The summed E-state index contributed by atoms with van der Waals surface area (Å²) in [5.41, 5.74) is 1.76. The van der Waals surface area contributed by atoms with Crippen molar-refractivity contribution in [3.8, 4) is 11.5 Å². The number of carbonyl (C=O) groups is 2. The Bertz CT molecular complexity index is 1070. The van der Waals surface area contributed by atoms with Crippen LogP contribution >= 0.6 is 0 Å². The Balaban J connectivity index is 1.62. The first-order valence-corrected chi connectivity index (χ1v) is 10.2. The Labute approximate surface area is 181 Å². The van der Waals surface area contributed by atoms with E-state index < -0.39 is 5.97 Å². The highest BCUT2D eigenvalue weighted by molar-refractivity contribution is 5.92. The lowest BCUT2D eigenvalue weighted by atomic mass is 10.2. The predicted molar refractivity (Wildman–Crippen MR) is 117 cm³/mol. The first-order valence-electron chi connectivity index (χ1n) is 10.2. The van der Waals surface area contributed by atoms with E-state index in [1.165, 1.54) is 0 Å². The molecule has 1 amide bonds. The van der Waals surface area contributed by atoms with E-state index in [2.05, 4.69) is 4.98 Å². The fourth-order valence-electron chi connectivity index (χ4n) is 3.15. The SMILES string of the molecule is CCOc1ccc(CN(CC)C(=O)COC(=O)c2ccc3ccccc3n2)cc1OC. The molecule has 0 N–H and O–H groups in total. The number of rotatable bonds is 9. The number of ether oxygens (including phenoxy) is 3. The topological polar surface area (TPSA) is 78.0 Å². The largest absolute Gasteiger partial charge is 0.493 e. The van der Waals surface area contributed by atoms with Crippen LogP contribution < -0.4 is 9.47 Å². The van der Waals surface area contributed by atoms with Crippen molar-refractivity contribution >= 4 is 22.8 Å². The second-order valence-corrected chi connectivity index (χ2v) is 6.79. The monoisotopic (exact) mass is 422 g/mol. The van der Waals surface area contributed by atoms with Gasteiger partial charge in [0.05, 0.1) is 19.2 Å². The van der Waals surface area contributed by atoms with E-state index in [1.54, 1.807) is 24.1 Å². The van der Waals surface area contributed by atoms with Gasteiger partial charge in [0.15, 0.2) is 18.1 Å². The molecule has 0 spiro atoms. The molecule has 0 saturated heterocycles. The van der Waals surface area contributed by atoms with Crippen molar-refractivity contribution in [2.75, 3.05) is 26.9 Å². The third-order valence-electron chi connectivity index (χ3n) is 4.77. The average Bonchev–Trinajstić information content (AvgIpc) is 2.81. The summed E-state index contributed by atoms with van der Waals surface area (Å²) < 4.78 is 16.1. The summed E-state index contributed by atoms with van der Waals surface area (Å²) in [5, 5.41) is 0.929. The Morgan fingerprint density at radius 1 is 1.00 bits per heavy atom. The molecular weight excluding hydrogens is 396 g/mol. The lowest BCUT2D eigenvalue weighted by molar-refractivity contribution is -0.134. The van der Waals surface area contributed by atoms with Gasteiger partial charge in [-0.15, -0.1) is 0 Å². The number of para-hydroxylation sites is 1. The standard InChI is InChI=1S/C24H26N2O5/c1-4-26(15-17-10-13-21(30-5-2)22(14-17)29-3)23(27)16-31-24(28)20-12-11-18-8-6-7-9-19(18)25-20/h6-14H,4-5,15-16H2,1-3H3. The van der Waals surface area contributed by atoms with E-state index in [1.807, 2.05) is 56.3 Å². The first kappa shape index (κ1) is 22.1. The van der Waals surface area contributed by atoms with Gasteiger partial charge in [-0.05, 0) is 43.7 Å². The number of methoxy groups -OCH3 is 1. The van der Waals surface area contributed by atoms with Crippen LogP contribution in [0.15, 0.2) is 54.6 Å². The molecule has 7 heteroatoms. The Morgan fingerprint density at radius 2 is 1.81 bits per heavy atom. The third kappa shape index (κ3) is 5.51. The number of pyridine rings is 1. The molecule has 1 aromatic heterocycles. The normalized spacial score (nSPS) is 10.5. The summed E-state index contributed by atoms with van der Waals surface area (Å²) in [6.07, 6.45) is 0. The molecule has 0 radical (unpaired) electrons. The van der Waals surface area contributed by atoms with Crippen LogP contribution in [0.1, 0.15) is 29.9 Å². The summed E-state index contributed by atoms with van der Waals surface area (Å²) in [4.78, 5) is 30.9. The van der Waals surface area contributed by atoms with Gasteiger partial charge in [0, 0.05) is 18.5 Å². The molecule has 0 atom stereocenters. The van der Waals surface area contributed by atoms with E-state index in [0.717, 1.165) is 10.9 Å². The van der Waals surface area contributed by atoms with Crippen LogP contribution in [0, 0.1) is 0 Å². The van der Waals surface area contributed by atoms with Crippen LogP contribution in [0.2, 0.25) is 0 Å². The highest BCUT2D eigenvalue weighted by atomic mass is 16.5. The molecule has 0 aliphatic carbocycles. The number of amides is 1. The number of hydrogen-bond acceptors (Lipinski definition) is 6. The highest BCUT2D eigenvalue weighted by Gasteiger charge is 2.17. The lowest BCUT2D eigenvalue weighted by Gasteiger charge is -2.21. The molecule has 31 heavy (non-hydrogen) atoms. The number of fused-ring (bicyclic) bond motifs is 1. The van der Waals surface area contributed by atoms with E-state index in [-0.39, 0.29) is 18.2 Å². The van der Waals surface area contributed by atoms with Crippen LogP contribution in [-0.2, 0) is 16.1 Å². The number of hydrogen-bond donors (Lipinski definition) is 0. The van der Waals surface area contributed by atoms with Crippen LogP contribution in [0.5, 0.6) is 11.5 Å².